The van der Waals surface area contributed by atoms with Crippen molar-refractivity contribution >= 4 is 39.5 Å². The summed E-state index contributed by atoms with van der Waals surface area (Å²) in [4.78, 5) is 21.1. The van der Waals surface area contributed by atoms with E-state index in [4.69, 9.17) is 21.6 Å². The summed E-state index contributed by atoms with van der Waals surface area (Å²) in [5.74, 6) is 1.96. The first kappa shape index (κ1) is 27.3. The normalized spacial score (nSPS) is 22.4. The lowest BCUT2D eigenvalue weighted by molar-refractivity contribution is -0.222. The van der Waals surface area contributed by atoms with Crippen molar-refractivity contribution in [3.05, 3.63) is 42.2 Å². The van der Waals surface area contributed by atoms with E-state index in [9.17, 15) is 13.2 Å². The molecule has 0 bridgehead atoms. The number of hydrogen-bond donors (Lipinski definition) is 2. The van der Waals surface area contributed by atoms with Gasteiger partial charge in [-0.05, 0) is 32.4 Å². The highest BCUT2D eigenvalue weighted by Gasteiger charge is 2.57. The predicted octanol–water partition coefficient (Wildman–Crippen LogP) is 4.32. The molecule has 0 spiro atoms. The highest BCUT2D eigenvalue weighted by molar-refractivity contribution is 8.15. The maximum absolute atomic E-state index is 15.1. The maximum atomic E-state index is 15.1. The third kappa shape index (κ3) is 5.44. The maximum Gasteiger partial charge on any atom is 0.415 e. The Hall–Kier alpha value is -3.70. The summed E-state index contributed by atoms with van der Waals surface area (Å²) in [6, 6.07) is 3.03. The van der Waals surface area contributed by atoms with E-state index in [2.05, 4.69) is 36.2 Å². The van der Waals surface area contributed by atoms with Crippen molar-refractivity contribution in [2.45, 2.75) is 42.8 Å². The summed E-state index contributed by atoms with van der Waals surface area (Å²) in [5, 5.41) is 2.89. The molecule has 200 valence electrons. The van der Waals surface area contributed by atoms with Crippen LogP contribution in [0.4, 0.5) is 29.1 Å². The van der Waals surface area contributed by atoms with Gasteiger partial charge in [0.1, 0.15) is 5.52 Å². The lowest BCUT2D eigenvalue weighted by Crippen LogP contribution is -2.54. The summed E-state index contributed by atoms with van der Waals surface area (Å²) >= 11 is 0.743. The molecule has 0 radical (unpaired) electrons. The van der Waals surface area contributed by atoms with Crippen LogP contribution in [0.3, 0.4) is 0 Å². The predicted molar refractivity (Wildman–Crippen MR) is 136 cm³/mol. The smallest absolute Gasteiger partial charge is 0.415 e. The van der Waals surface area contributed by atoms with Gasteiger partial charge in [-0.15, -0.1) is 6.42 Å². The highest BCUT2D eigenvalue weighted by atomic mass is 32.2. The number of halogens is 4. The topological polar surface area (TPSA) is 120 Å². The number of fused-ring (bicyclic) bond motifs is 1. The molecule has 3 atom stereocenters. The minimum atomic E-state index is -4.68. The number of terminal acetylenes is 1. The van der Waals surface area contributed by atoms with Gasteiger partial charge in [0.05, 0.1) is 33.9 Å². The van der Waals surface area contributed by atoms with Crippen LogP contribution in [0.5, 0.6) is 5.88 Å². The Labute approximate surface area is 219 Å². The van der Waals surface area contributed by atoms with Crippen molar-refractivity contribution < 1.29 is 27.0 Å². The van der Waals surface area contributed by atoms with Crippen molar-refractivity contribution in [2.24, 2.45) is 10.7 Å². The Morgan fingerprint density at radius 3 is 2.71 bits per heavy atom. The quantitative estimate of drug-likeness (QED) is 0.252. The average molecular weight is 550 g/mol. The van der Waals surface area contributed by atoms with Crippen molar-refractivity contribution in [3.63, 3.8) is 0 Å². The fourth-order valence-corrected chi connectivity index (χ4v) is 5.95. The number of ether oxygens (including phenoxy) is 2. The van der Waals surface area contributed by atoms with E-state index in [0.717, 1.165) is 18.9 Å². The van der Waals surface area contributed by atoms with E-state index in [0.29, 0.717) is 16.7 Å². The van der Waals surface area contributed by atoms with Crippen molar-refractivity contribution in [1.82, 2.24) is 19.9 Å². The van der Waals surface area contributed by atoms with Crippen molar-refractivity contribution in [3.8, 4) is 18.2 Å². The fraction of sp³-hybridized carbons (Fsp3) is 0.375. The van der Waals surface area contributed by atoms with E-state index in [1.807, 2.05) is 0 Å². The number of nitrogens with two attached hydrogens (primary N) is 1. The Balaban J connectivity index is 1.70. The standard InChI is InChI=1S/C24H23F4N7O2S/c1-5-8-37-16-11-31-17-15(34-16)6-7-30-19(17)33-13-9-14(18(25)32-10-13)22(2)12-23(3,38-21(29)35-22)20(36-4)24(26,27)28/h1,6-7,9-11,20H,8,12H2,2-4H3,(H2,29,35)(H,30,33)/t20-,22-,23+/m0/s1. The number of amidine groups is 1. The Morgan fingerprint density at radius 2 is 2.03 bits per heavy atom. The first-order valence-electron chi connectivity index (χ1n) is 11.1. The number of aliphatic imine (C=N–C) groups is 1. The number of thioether (sulfide) groups is 1. The van der Waals surface area contributed by atoms with Crippen molar-refractivity contribution in [2.75, 3.05) is 19.0 Å². The summed E-state index contributed by atoms with van der Waals surface area (Å²) < 4.78 is 64.9. The van der Waals surface area contributed by atoms with Gasteiger partial charge in [0.2, 0.25) is 11.8 Å². The number of nitrogens with zero attached hydrogens (tertiary/aromatic N) is 5. The lowest BCUT2D eigenvalue weighted by Gasteiger charge is -2.44. The molecule has 0 saturated carbocycles. The Bertz CT molecular complexity index is 1430. The summed E-state index contributed by atoms with van der Waals surface area (Å²) in [6.07, 6.45) is 2.21. The molecule has 4 heterocycles. The van der Waals surface area contributed by atoms with Gasteiger partial charge in [-0.2, -0.15) is 17.6 Å². The summed E-state index contributed by atoms with van der Waals surface area (Å²) in [7, 11) is 0.972. The van der Waals surface area contributed by atoms with Gasteiger partial charge in [0, 0.05) is 18.9 Å². The molecular formula is C24H23F4N7O2S. The first-order valence-corrected chi connectivity index (χ1v) is 11.9. The van der Waals surface area contributed by atoms with E-state index in [1.54, 1.807) is 6.07 Å². The monoisotopic (exact) mass is 549 g/mol. The number of nitrogens with one attached hydrogen (secondary N) is 1. The van der Waals surface area contributed by atoms with Crippen LogP contribution < -0.4 is 15.8 Å². The number of alkyl halides is 3. The molecule has 38 heavy (non-hydrogen) atoms. The number of hydrogen-bond acceptors (Lipinski definition) is 10. The zero-order valence-corrected chi connectivity index (χ0v) is 21.3. The number of methoxy groups -OCH3 is 1. The van der Waals surface area contributed by atoms with Crippen molar-refractivity contribution in [1.29, 1.82) is 0 Å². The Kier molecular flexibility index (Phi) is 7.35. The molecule has 14 heteroatoms. The molecule has 0 aromatic carbocycles. The molecule has 3 N–H and O–H groups in total. The highest BCUT2D eigenvalue weighted by Crippen LogP contribution is 2.51. The van der Waals surface area contributed by atoms with Gasteiger partial charge in [-0.1, -0.05) is 17.7 Å². The van der Waals surface area contributed by atoms with E-state index in [1.165, 1.54) is 38.5 Å². The zero-order chi connectivity index (χ0) is 27.7. The van der Waals surface area contributed by atoms with Crippen LogP contribution in [0, 0.1) is 18.3 Å². The molecule has 9 nitrogen and oxygen atoms in total. The third-order valence-corrected chi connectivity index (χ3v) is 7.03. The molecule has 1 aliphatic heterocycles. The van der Waals surface area contributed by atoms with Crippen LogP contribution in [-0.2, 0) is 10.3 Å². The third-order valence-electron chi connectivity index (χ3n) is 5.90. The van der Waals surface area contributed by atoms with E-state index >= 15 is 4.39 Å². The van der Waals surface area contributed by atoms with Gasteiger partial charge in [0.25, 0.3) is 0 Å². The van der Waals surface area contributed by atoms with E-state index < -0.39 is 28.5 Å². The number of aromatic nitrogens is 4. The largest absolute Gasteiger partial charge is 0.463 e. The summed E-state index contributed by atoms with van der Waals surface area (Å²) in [5.41, 5.74) is 5.57. The van der Waals surface area contributed by atoms with Gasteiger partial charge in [-0.3, -0.25) is 4.99 Å². The lowest BCUT2D eigenvalue weighted by atomic mass is 9.81. The molecule has 1 aliphatic rings. The van der Waals surface area contributed by atoms with Gasteiger partial charge in [-0.25, -0.2) is 19.9 Å². The second-order valence-corrected chi connectivity index (χ2v) is 10.4. The van der Waals surface area contributed by atoms with Gasteiger partial charge < -0.3 is 20.5 Å². The molecular weight excluding hydrogens is 526 g/mol. The average Bonchev–Trinajstić information content (AvgIpc) is 2.82. The first-order chi connectivity index (χ1) is 17.9. The number of anilines is 2. The number of rotatable bonds is 7. The Morgan fingerprint density at radius 1 is 1.26 bits per heavy atom. The zero-order valence-electron chi connectivity index (χ0n) is 20.5. The van der Waals surface area contributed by atoms with Crippen LogP contribution in [0.2, 0.25) is 0 Å². The van der Waals surface area contributed by atoms with Crippen LogP contribution in [0.15, 0.2) is 35.7 Å². The second kappa shape index (κ2) is 10.2. The van der Waals surface area contributed by atoms with Crippen LogP contribution in [-0.4, -0.2) is 55.8 Å². The molecule has 0 fully saturated rings. The minimum Gasteiger partial charge on any atom is -0.463 e. The van der Waals surface area contributed by atoms with Gasteiger partial charge in [0.15, 0.2) is 23.7 Å². The molecule has 0 saturated heterocycles. The minimum absolute atomic E-state index is 0.0256. The summed E-state index contributed by atoms with van der Waals surface area (Å²) in [6.45, 7) is 2.90. The molecule has 0 aliphatic carbocycles. The molecule has 4 rings (SSSR count). The SMILES string of the molecule is C#CCOc1cnc2c(Nc3cnc(F)c([C@]4(C)C[C@](C)([C@H](OC)C(F)(F)F)SC(N)=N4)c3)nccc2n1. The fourth-order valence-electron chi connectivity index (χ4n) is 4.53. The molecule has 0 amide bonds. The molecule has 0 unspecified atom stereocenters. The van der Waals surface area contributed by atoms with Crippen LogP contribution >= 0.6 is 11.8 Å². The van der Waals surface area contributed by atoms with Crippen LogP contribution in [0.25, 0.3) is 11.0 Å². The van der Waals surface area contributed by atoms with E-state index in [-0.39, 0.29) is 35.5 Å². The number of pyridine rings is 2. The second-order valence-electron chi connectivity index (χ2n) is 8.89. The van der Waals surface area contributed by atoms with Crippen LogP contribution in [0.1, 0.15) is 25.8 Å². The molecule has 3 aromatic heterocycles. The van der Waals surface area contributed by atoms with Gasteiger partial charge >= 0.3 is 6.18 Å². The molecule has 3 aromatic rings.